The molecule has 1 N–H and O–H groups in total. The van der Waals surface area contributed by atoms with Crippen LogP contribution < -0.4 is 5.32 Å². The first-order chi connectivity index (χ1) is 8.60. The number of anilines is 1. The summed E-state index contributed by atoms with van der Waals surface area (Å²) in [5, 5.41) is 3.05. The summed E-state index contributed by atoms with van der Waals surface area (Å²) in [6, 6.07) is 7.58. The predicted octanol–water partition coefficient (Wildman–Crippen LogP) is 1.98. The topological polar surface area (TPSA) is 41.6 Å². The Balaban J connectivity index is 2.14. The van der Waals surface area contributed by atoms with E-state index in [1.165, 1.54) is 0 Å². The maximum absolute atomic E-state index is 12.4. The molecule has 0 aromatic heterocycles. The number of amides is 1. The summed E-state index contributed by atoms with van der Waals surface area (Å²) in [5.74, 6) is 0.0779. The largest absolute Gasteiger partial charge is 0.388 e. The predicted molar refractivity (Wildman–Crippen MR) is 71.9 cm³/mol. The van der Waals surface area contributed by atoms with E-state index >= 15 is 0 Å². The fraction of sp³-hybridized carbons (Fsp3) is 0.500. The van der Waals surface area contributed by atoms with Gasteiger partial charge < -0.3 is 15.0 Å². The van der Waals surface area contributed by atoms with Crippen molar-refractivity contribution in [2.45, 2.75) is 26.1 Å². The van der Waals surface area contributed by atoms with Crippen molar-refractivity contribution in [3.63, 3.8) is 0 Å². The van der Waals surface area contributed by atoms with Crippen molar-refractivity contribution in [2.24, 2.45) is 0 Å². The van der Waals surface area contributed by atoms with Gasteiger partial charge in [-0.1, -0.05) is 6.07 Å². The van der Waals surface area contributed by atoms with E-state index in [4.69, 9.17) is 4.74 Å². The molecule has 1 saturated heterocycles. The Morgan fingerprint density at radius 1 is 1.33 bits per heavy atom. The molecule has 1 fully saturated rings. The second-order valence-electron chi connectivity index (χ2n) is 4.80. The quantitative estimate of drug-likeness (QED) is 0.870. The van der Waals surface area contributed by atoms with E-state index in [1.54, 1.807) is 0 Å². The Labute approximate surface area is 108 Å². The van der Waals surface area contributed by atoms with Crippen molar-refractivity contribution in [3.8, 4) is 0 Å². The summed E-state index contributed by atoms with van der Waals surface area (Å²) < 4.78 is 5.64. The molecule has 0 aliphatic carbocycles. The number of benzene rings is 1. The number of nitrogens with zero attached hydrogens (tertiary/aromatic N) is 1. The highest BCUT2D eigenvalue weighted by Gasteiger charge is 2.26. The molecule has 98 valence electrons. The third-order valence-corrected chi connectivity index (χ3v) is 3.11. The average Bonchev–Trinajstić information content (AvgIpc) is 2.37. The Bertz CT molecular complexity index is 424. The number of rotatable bonds is 2. The van der Waals surface area contributed by atoms with Gasteiger partial charge >= 0.3 is 0 Å². The molecule has 4 nitrogen and oxygen atoms in total. The van der Waals surface area contributed by atoms with Crippen LogP contribution in [0.2, 0.25) is 0 Å². The third kappa shape index (κ3) is 2.82. The second-order valence-corrected chi connectivity index (χ2v) is 4.80. The van der Waals surface area contributed by atoms with Gasteiger partial charge in [0.05, 0.1) is 12.2 Å². The molecule has 18 heavy (non-hydrogen) atoms. The number of nitrogens with one attached hydrogen (secondary N) is 1. The summed E-state index contributed by atoms with van der Waals surface area (Å²) in [4.78, 5) is 14.3. The van der Waals surface area contributed by atoms with Crippen LogP contribution in [0, 0.1) is 0 Å². The molecular weight excluding hydrogens is 228 g/mol. The van der Waals surface area contributed by atoms with Crippen molar-refractivity contribution in [1.82, 2.24) is 4.90 Å². The van der Waals surface area contributed by atoms with Gasteiger partial charge in [0.25, 0.3) is 5.91 Å². The van der Waals surface area contributed by atoms with E-state index in [0.29, 0.717) is 13.1 Å². The molecule has 1 heterocycles. The van der Waals surface area contributed by atoms with Crippen molar-refractivity contribution >= 4 is 11.6 Å². The molecule has 1 aromatic carbocycles. The lowest BCUT2D eigenvalue weighted by Crippen LogP contribution is -2.48. The number of carbonyl (C=O) groups is 1. The van der Waals surface area contributed by atoms with Gasteiger partial charge in [0.1, 0.15) is 0 Å². The summed E-state index contributed by atoms with van der Waals surface area (Å²) in [6.07, 6.45) is 0.204. The zero-order chi connectivity index (χ0) is 13.1. The van der Waals surface area contributed by atoms with Gasteiger partial charge in [-0.2, -0.15) is 0 Å². The van der Waals surface area contributed by atoms with Crippen LogP contribution in [0.4, 0.5) is 5.69 Å². The molecular formula is C14H20N2O2. The van der Waals surface area contributed by atoms with Crippen LogP contribution in [0.5, 0.6) is 0 Å². The normalized spacial score (nSPS) is 23.8. The van der Waals surface area contributed by atoms with Crippen molar-refractivity contribution in [1.29, 1.82) is 0 Å². The first kappa shape index (κ1) is 12.9. The molecule has 0 saturated carbocycles. The number of carbonyl (C=O) groups excluding carboxylic acids is 1. The smallest absolute Gasteiger partial charge is 0.254 e. The van der Waals surface area contributed by atoms with E-state index in [9.17, 15) is 4.79 Å². The van der Waals surface area contributed by atoms with Crippen LogP contribution in [-0.4, -0.2) is 43.2 Å². The Morgan fingerprint density at radius 3 is 2.61 bits per heavy atom. The fourth-order valence-electron chi connectivity index (χ4n) is 2.33. The highest BCUT2D eigenvalue weighted by molar-refractivity contribution is 5.95. The molecule has 4 heteroatoms. The lowest BCUT2D eigenvalue weighted by molar-refractivity contribution is -0.0586. The van der Waals surface area contributed by atoms with Gasteiger partial charge in [-0.3, -0.25) is 4.79 Å². The fourth-order valence-corrected chi connectivity index (χ4v) is 2.33. The molecule has 0 radical (unpaired) electrons. The van der Waals surface area contributed by atoms with E-state index in [-0.39, 0.29) is 18.1 Å². The first-order valence-electron chi connectivity index (χ1n) is 6.32. The van der Waals surface area contributed by atoms with Gasteiger partial charge in [-0.05, 0) is 32.0 Å². The lowest BCUT2D eigenvalue weighted by atomic mass is 10.1. The maximum atomic E-state index is 12.4. The van der Waals surface area contributed by atoms with Crippen LogP contribution in [0.25, 0.3) is 0 Å². The van der Waals surface area contributed by atoms with E-state index in [0.717, 1.165) is 11.3 Å². The minimum absolute atomic E-state index is 0.0779. The SMILES string of the molecule is CNc1cccc(C(=O)N2CC(C)OC(C)C2)c1. The molecule has 2 unspecified atom stereocenters. The van der Waals surface area contributed by atoms with Gasteiger partial charge in [0.15, 0.2) is 0 Å². The standard InChI is InChI=1S/C14H20N2O2/c1-10-8-16(9-11(2)18-10)14(17)12-5-4-6-13(7-12)15-3/h4-7,10-11,15H,8-9H2,1-3H3. The number of morpholine rings is 1. The molecule has 0 bridgehead atoms. The van der Waals surface area contributed by atoms with E-state index < -0.39 is 0 Å². The molecule has 0 spiro atoms. The van der Waals surface area contributed by atoms with Crippen LogP contribution in [0.15, 0.2) is 24.3 Å². The van der Waals surface area contributed by atoms with Gasteiger partial charge in [0, 0.05) is 31.4 Å². The monoisotopic (exact) mass is 248 g/mol. The minimum atomic E-state index is 0.0779. The van der Waals surface area contributed by atoms with Gasteiger partial charge in [-0.15, -0.1) is 0 Å². The minimum Gasteiger partial charge on any atom is -0.388 e. The summed E-state index contributed by atoms with van der Waals surface area (Å²) in [5.41, 5.74) is 1.68. The molecule has 1 amide bonds. The summed E-state index contributed by atoms with van der Waals surface area (Å²) >= 11 is 0. The molecule has 1 aliphatic rings. The number of ether oxygens (including phenoxy) is 1. The third-order valence-electron chi connectivity index (χ3n) is 3.11. The maximum Gasteiger partial charge on any atom is 0.254 e. The van der Waals surface area contributed by atoms with Crippen LogP contribution in [0.1, 0.15) is 24.2 Å². The van der Waals surface area contributed by atoms with Crippen LogP contribution >= 0.6 is 0 Å². The van der Waals surface area contributed by atoms with E-state index in [1.807, 2.05) is 50.1 Å². The Kier molecular flexibility index (Phi) is 3.87. The molecule has 1 aromatic rings. The summed E-state index contributed by atoms with van der Waals surface area (Å²) in [6.45, 7) is 5.32. The van der Waals surface area contributed by atoms with Crippen molar-refractivity contribution < 1.29 is 9.53 Å². The first-order valence-corrected chi connectivity index (χ1v) is 6.32. The zero-order valence-electron chi connectivity index (χ0n) is 11.1. The number of hydrogen-bond donors (Lipinski definition) is 1. The van der Waals surface area contributed by atoms with Crippen molar-refractivity contribution in [3.05, 3.63) is 29.8 Å². The van der Waals surface area contributed by atoms with E-state index in [2.05, 4.69) is 5.32 Å². The zero-order valence-corrected chi connectivity index (χ0v) is 11.1. The molecule has 2 atom stereocenters. The highest BCUT2D eigenvalue weighted by Crippen LogP contribution is 2.16. The summed E-state index contributed by atoms with van der Waals surface area (Å²) in [7, 11) is 1.85. The lowest BCUT2D eigenvalue weighted by Gasteiger charge is -2.35. The van der Waals surface area contributed by atoms with Crippen LogP contribution in [-0.2, 0) is 4.74 Å². The average molecular weight is 248 g/mol. The Morgan fingerprint density at radius 2 is 2.00 bits per heavy atom. The number of hydrogen-bond acceptors (Lipinski definition) is 3. The van der Waals surface area contributed by atoms with Gasteiger partial charge in [0.2, 0.25) is 0 Å². The Hall–Kier alpha value is -1.55. The molecule has 1 aliphatic heterocycles. The van der Waals surface area contributed by atoms with Gasteiger partial charge in [-0.25, -0.2) is 0 Å². The van der Waals surface area contributed by atoms with Crippen molar-refractivity contribution in [2.75, 3.05) is 25.5 Å². The highest BCUT2D eigenvalue weighted by atomic mass is 16.5. The van der Waals surface area contributed by atoms with Crippen LogP contribution in [0.3, 0.4) is 0 Å². The second kappa shape index (κ2) is 5.40. The molecule has 2 rings (SSSR count).